The maximum absolute atomic E-state index is 13.2. The summed E-state index contributed by atoms with van der Waals surface area (Å²) in [4.78, 5) is 27.2. The third-order valence-electron chi connectivity index (χ3n) is 5.27. The molecule has 0 saturated heterocycles. The van der Waals surface area contributed by atoms with Crippen LogP contribution in [0.2, 0.25) is 0 Å². The molecule has 2 amide bonds. The van der Waals surface area contributed by atoms with Crippen molar-refractivity contribution in [2.24, 2.45) is 0 Å². The maximum Gasteiger partial charge on any atom is 0.242 e. The van der Waals surface area contributed by atoms with Crippen molar-refractivity contribution in [2.75, 3.05) is 30.8 Å². The number of sulfonamides is 1. The average molecular weight is 555 g/mol. The van der Waals surface area contributed by atoms with Gasteiger partial charge < -0.3 is 15.0 Å². The summed E-state index contributed by atoms with van der Waals surface area (Å²) in [6, 6.07) is 13.6. The summed E-state index contributed by atoms with van der Waals surface area (Å²) in [7, 11) is -2.01. The van der Waals surface area contributed by atoms with Crippen LogP contribution in [-0.2, 0) is 26.2 Å². The molecule has 2 rings (SSSR count). The highest BCUT2D eigenvalue weighted by atomic mass is 79.9. The van der Waals surface area contributed by atoms with Gasteiger partial charge in [-0.3, -0.25) is 13.9 Å². The average Bonchev–Trinajstić information content (AvgIpc) is 2.79. The summed E-state index contributed by atoms with van der Waals surface area (Å²) in [5, 5.41) is 2.76. The highest BCUT2D eigenvalue weighted by Gasteiger charge is 2.26. The van der Waals surface area contributed by atoms with Gasteiger partial charge in [0.15, 0.2) is 0 Å². The van der Waals surface area contributed by atoms with Gasteiger partial charge in [-0.25, -0.2) is 8.42 Å². The molecule has 186 valence electrons. The molecule has 0 aromatic heterocycles. The number of methoxy groups -OCH3 is 1. The fraction of sp³-hybridized carbons (Fsp3) is 0.417. The van der Waals surface area contributed by atoms with Crippen molar-refractivity contribution in [1.29, 1.82) is 0 Å². The van der Waals surface area contributed by atoms with Gasteiger partial charge in [0.2, 0.25) is 21.8 Å². The molecule has 10 heteroatoms. The lowest BCUT2D eigenvalue weighted by molar-refractivity contribution is -0.140. The number of amides is 2. The van der Waals surface area contributed by atoms with Gasteiger partial charge in [0, 0.05) is 30.5 Å². The molecule has 1 atom stereocenters. The Bertz CT molecular complexity index is 1080. The van der Waals surface area contributed by atoms with Crippen LogP contribution in [0.5, 0.6) is 5.75 Å². The molecule has 2 aromatic rings. The van der Waals surface area contributed by atoms with E-state index in [2.05, 4.69) is 21.2 Å². The van der Waals surface area contributed by atoms with Crippen LogP contribution in [0.15, 0.2) is 53.0 Å². The second-order valence-electron chi connectivity index (χ2n) is 7.86. The van der Waals surface area contributed by atoms with Crippen LogP contribution in [0.4, 0.5) is 5.69 Å². The minimum absolute atomic E-state index is 0.0971. The molecular formula is C24H32BrN3O5S. The van der Waals surface area contributed by atoms with E-state index >= 15 is 0 Å². The van der Waals surface area contributed by atoms with Gasteiger partial charge in [-0.05, 0) is 62.2 Å². The number of carbonyl (C=O) groups is 2. The van der Waals surface area contributed by atoms with Gasteiger partial charge in [0.25, 0.3) is 0 Å². The number of carbonyl (C=O) groups excluding carboxylic acids is 2. The van der Waals surface area contributed by atoms with Crippen molar-refractivity contribution >= 4 is 43.5 Å². The normalized spacial score (nSPS) is 12.0. The van der Waals surface area contributed by atoms with Gasteiger partial charge in [-0.15, -0.1) is 0 Å². The van der Waals surface area contributed by atoms with E-state index < -0.39 is 16.1 Å². The van der Waals surface area contributed by atoms with Crippen LogP contribution < -0.4 is 14.4 Å². The molecule has 0 saturated carbocycles. The maximum atomic E-state index is 13.2. The van der Waals surface area contributed by atoms with E-state index in [1.807, 2.05) is 31.2 Å². The molecule has 0 aliphatic heterocycles. The Morgan fingerprint density at radius 3 is 2.38 bits per heavy atom. The minimum Gasteiger partial charge on any atom is -0.497 e. The lowest BCUT2D eigenvalue weighted by atomic mass is 10.1. The second kappa shape index (κ2) is 12.8. The van der Waals surface area contributed by atoms with E-state index in [-0.39, 0.29) is 31.3 Å². The van der Waals surface area contributed by atoms with Crippen molar-refractivity contribution in [3.05, 3.63) is 58.6 Å². The standard InChI is InChI=1S/C24H32BrN3O5S/c1-5-26-24(30)18(2)27(17-19-8-6-9-20(25)16-19)23(29)10-7-15-28(34(4,31)32)21-11-13-22(33-3)14-12-21/h6,8-9,11-14,16,18H,5,7,10,15,17H2,1-4H3,(H,26,30). The topological polar surface area (TPSA) is 96.0 Å². The fourth-order valence-corrected chi connectivity index (χ4v) is 4.90. The zero-order chi connectivity index (χ0) is 25.3. The predicted octanol–water partition coefficient (Wildman–Crippen LogP) is 3.56. The van der Waals surface area contributed by atoms with Crippen molar-refractivity contribution in [1.82, 2.24) is 10.2 Å². The SMILES string of the molecule is CCNC(=O)C(C)N(Cc1cccc(Br)c1)C(=O)CCCN(c1ccc(OC)cc1)S(C)(=O)=O. The van der Waals surface area contributed by atoms with Crippen molar-refractivity contribution < 1.29 is 22.7 Å². The minimum atomic E-state index is -3.55. The van der Waals surface area contributed by atoms with Crippen LogP contribution in [0, 0.1) is 0 Å². The lowest BCUT2D eigenvalue weighted by Gasteiger charge is -2.29. The van der Waals surface area contributed by atoms with Crippen LogP contribution >= 0.6 is 15.9 Å². The first-order valence-electron chi connectivity index (χ1n) is 11.0. The van der Waals surface area contributed by atoms with Gasteiger partial charge in [-0.2, -0.15) is 0 Å². The summed E-state index contributed by atoms with van der Waals surface area (Å²) < 4.78 is 32.0. The molecule has 8 nitrogen and oxygen atoms in total. The Kier molecular flexibility index (Phi) is 10.4. The third-order valence-corrected chi connectivity index (χ3v) is 6.96. The number of nitrogens with one attached hydrogen (secondary N) is 1. The molecule has 0 aliphatic carbocycles. The Balaban J connectivity index is 2.14. The van der Waals surface area contributed by atoms with E-state index in [9.17, 15) is 18.0 Å². The van der Waals surface area contributed by atoms with Crippen molar-refractivity contribution in [2.45, 2.75) is 39.3 Å². The number of anilines is 1. The fourth-order valence-electron chi connectivity index (χ4n) is 3.49. The first kappa shape index (κ1) is 27.7. The molecule has 34 heavy (non-hydrogen) atoms. The Morgan fingerprint density at radius 1 is 1.15 bits per heavy atom. The zero-order valence-corrected chi connectivity index (χ0v) is 22.4. The predicted molar refractivity (Wildman–Crippen MR) is 137 cm³/mol. The van der Waals surface area contributed by atoms with Crippen molar-refractivity contribution in [3.63, 3.8) is 0 Å². The van der Waals surface area contributed by atoms with E-state index in [0.717, 1.165) is 16.3 Å². The smallest absolute Gasteiger partial charge is 0.242 e. The number of ether oxygens (including phenoxy) is 1. The number of hydrogen-bond donors (Lipinski definition) is 1. The van der Waals surface area contributed by atoms with Crippen LogP contribution in [0.25, 0.3) is 0 Å². The van der Waals surface area contributed by atoms with Crippen LogP contribution in [0.3, 0.4) is 0 Å². The van der Waals surface area contributed by atoms with E-state index in [1.165, 1.54) is 16.3 Å². The summed E-state index contributed by atoms with van der Waals surface area (Å²) >= 11 is 3.43. The number of rotatable bonds is 12. The second-order valence-corrected chi connectivity index (χ2v) is 10.7. The zero-order valence-electron chi connectivity index (χ0n) is 20.0. The van der Waals surface area contributed by atoms with Crippen molar-refractivity contribution in [3.8, 4) is 5.75 Å². The van der Waals surface area contributed by atoms with Gasteiger partial charge in [0.05, 0.1) is 19.1 Å². The van der Waals surface area contributed by atoms with Gasteiger partial charge >= 0.3 is 0 Å². The van der Waals surface area contributed by atoms with Gasteiger partial charge in [0.1, 0.15) is 11.8 Å². The van der Waals surface area contributed by atoms with E-state index in [4.69, 9.17) is 4.74 Å². The Morgan fingerprint density at radius 2 is 1.82 bits per heavy atom. The molecule has 1 N–H and O–H groups in total. The largest absolute Gasteiger partial charge is 0.497 e. The first-order chi connectivity index (χ1) is 16.1. The number of likely N-dealkylation sites (N-methyl/N-ethyl adjacent to an activating group) is 1. The highest BCUT2D eigenvalue weighted by Crippen LogP contribution is 2.22. The van der Waals surface area contributed by atoms with Crippen LogP contribution in [0.1, 0.15) is 32.3 Å². The highest BCUT2D eigenvalue weighted by molar-refractivity contribution is 9.10. The molecule has 0 bridgehead atoms. The molecule has 0 fully saturated rings. The summed E-state index contributed by atoms with van der Waals surface area (Å²) in [6.07, 6.45) is 1.53. The summed E-state index contributed by atoms with van der Waals surface area (Å²) in [6.45, 7) is 4.39. The molecule has 0 radical (unpaired) electrons. The number of nitrogens with zero attached hydrogens (tertiary/aromatic N) is 2. The quantitative estimate of drug-likeness (QED) is 0.433. The number of hydrogen-bond acceptors (Lipinski definition) is 5. The lowest BCUT2D eigenvalue weighted by Crippen LogP contribution is -2.47. The van der Waals surface area contributed by atoms with E-state index in [1.54, 1.807) is 31.2 Å². The summed E-state index contributed by atoms with van der Waals surface area (Å²) in [5.74, 6) is 0.165. The van der Waals surface area contributed by atoms with Crippen LogP contribution in [-0.4, -0.2) is 57.6 Å². The Hall–Kier alpha value is -2.59. The number of halogens is 1. The molecule has 0 aliphatic rings. The van der Waals surface area contributed by atoms with E-state index in [0.29, 0.717) is 24.4 Å². The molecule has 0 spiro atoms. The third kappa shape index (κ3) is 8.02. The molecule has 0 heterocycles. The molecular weight excluding hydrogens is 522 g/mol. The van der Waals surface area contributed by atoms with Gasteiger partial charge in [-0.1, -0.05) is 28.1 Å². The number of benzene rings is 2. The molecule has 2 aromatic carbocycles. The monoisotopic (exact) mass is 553 g/mol. The first-order valence-corrected chi connectivity index (χ1v) is 13.6. The Labute approximate surface area is 210 Å². The summed E-state index contributed by atoms with van der Waals surface area (Å²) in [5.41, 5.74) is 1.38. The molecule has 1 unspecified atom stereocenters.